The molecule has 0 fully saturated rings. The Morgan fingerprint density at radius 2 is 2.44 bits per heavy atom. The van der Waals surface area contributed by atoms with Gasteiger partial charge >= 0.3 is 5.97 Å². The van der Waals surface area contributed by atoms with Crippen LogP contribution in [-0.2, 0) is 22.4 Å². The van der Waals surface area contributed by atoms with Gasteiger partial charge in [0.1, 0.15) is 0 Å². The van der Waals surface area contributed by atoms with E-state index in [9.17, 15) is 4.79 Å². The maximum absolute atomic E-state index is 11.9. The number of esters is 1. The molecule has 5 heteroatoms. The standard InChI is InChI=1S/C11H16N2O2S/c1-3-15-9(14)11(2)5-4-7-8(6-11)16-10(12)13-7/h3-6H2,1-2H3,(H2,12,13)/t11-/m0/s1. The minimum Gasteiger partial charge on any atom is -0.466 e. The quantitative estimate of drug-likeness (QED) is 0.800. The highest BCUT2D eigenvalue weighted by Gasteiger charge is 2.39. The molecule has 2 rings (SSSR count). The van der Waals surface area contributed by atoms with Crippen LogP contribution in [0.2, 0.25) is 0 Å². The number of fused-ring (bicyclic) bond motifs is 1. The number of nitrogens with two attached hydrogens (primary N) is 1. The first kappa shape index (κ1) is 11.4. The molecule has 16 heavy (non-hydrogen) atoms. The topological polar surface area (TPSA) is 65.2 Å². The van der Waals surface area contributed by atoms with Crippen LogP contribution in [0.4, 0.5) is 5.13 Å². The fraction of sp³-hybridized carbons (Fsp3) is 0.636. The molecule has 0 radical (unpaired) electrons. The molecular weight excluding hydrogens is 224 g/mol. The van der Waals surface area contributed by atoms with Gasteiger partial charge in [0.2, 0.25) is 0 Å². The third kappa shape index (κ3) is 1.91. The first-order valence-electron chi connectivity index (χ1n) is 5.46. The molecule has 1 aliphatic carbocycles. The predicted octanol–water partition coefficient (Wildman–Crippen LogP) is 1.78. The van der Waals surface area contributed by atoms with Gasteiger partial charge in [0.25, 0.3) is 0 Å². The van der Waals surface area contributed by atoms with Crippen molar-refractivity contribution in [3.8, 4) is 0 Å². The molecule has 0 aliphatic heterocycles. The van der Waals surface area contributed by atoms with Crippen molar-refractivity contribution in [2.45, 2.75) is 33.1 Å². The highest BCUT2D eigenvalue weighted by atomic mass is 32.1. The van der Waals surface area contributed by atoms with E-state index in [0.29, 0.717) is 18.2 Å². The Hall–Kier alpha value is -1.10. The van der Waals surface area contributed by atoms with Crippen LogP contribution < -0.4 is 5.73 Å². The number of nitrogens with zero attached hydrogens (tertiary/aromatic N) is 1. The van der Waals surface area contributed by atoms with Gasteiger partial charge in [-0.3, -0.25) is 4.79 Å². The zero-order valence-electron chi connectivity index (χ0n) is 9.58. The number of aromatic nitrogens is 1. The molecule has 1 aromatic rings. The second kappa shape index (κ2) is 4.05. The molecule has 0 spiro atoms. The normalized spacial score (nSPS) is 23.9. The molecule has 88 valence electrons. The van der Waals surface area contributed by atoms with Crippen molar-refractivity contribution in [1.82, 2.24) is 4.98 Å². The van der Waals surface area contributed by atoms with Crippen LogP contribution in [0.5, 0.6) is 0 Å². The summed E-state index contributed by atoms with van der Waals surface area (Å²) in [5.74, 6) is -0.104. The number of aryl methyl sites for hydroxylation is 1. The summed E-state index contributed by atoms with van der Waals surface area (Å²) in [7, 11) is 0. The van der Waals surface area contributed by atoms with Crippen molar-refractivity contribution < 1.29 is 9.53 Å². The van der Waals surface area contributed by atoms with Gasteiger partial charge in [-0.2, -0.15) is 0 Å². The van der Waals surface area contributed by atoms with E-state index < -0.39 is 5.41 Å². The van der Waals surface area contributed by atoms with Gasteiger partial charge in [-0.15, -0.1) is 11.3 Å². The summed E-state index contributed by atoms with van der Waals surface area (Å²) in [4.78, 5) is 17.3. The lowest BCUT2D eigenvalue weighted by molar-refractivity contribution is -0.155. The van der Waals surface area contributed by atoms with E-state index in [0.717, 1.165) is 23.4 Å². The lowest BCUT2D eigenvalue weighted by Crippen LogP contribution is -2.35. The summed E-state index contributed by atoms with van der Waals surface area (Å²) in [6.07, 6.45) is 2.32. The SMILES string of the molecule is CCOC(=O)[C@@]1(C)CCc2nc(N)sc2C1. The molecule has 0 bridgehead atoms. The van der Waals surface area contributed by atoms with E-state index >= 15 is 0 Å². The number of anilines is 1. The van der Waals surface area contributed by atoms with E-state index in [2.05, 4.69) is 4.98 Å². The molecule has 0 saturated carbocycles. The number of nitrogen functional groups attached to an aromatic ring is 1. The minimum atomic E-state index is -0.401. The molecule has 1 atom stereocenters. The first-order valence-corrected chi connectivity index (χ1v) is 6.28. The van der Waals surface area contributed by atoms with Crippen molar-refractivity contribution in [2.75, 3.05) is 12.3 Å². The average molecular weight is 240 g/mol. The molecule has 1 aliphatic rings. The van der Waals surface area contributed by atoms with Gasteiger partial charge in [-0.05, 0) is 33.1 Å². The highest BCUT2D eigenvalue weighted by molar-refractivity contribution is 7.15. The van der Waals surface area contributed by atoms with Crippen LogP contribution in [0.1, 0.15) is 30.8 Å². The van der Waals surface area contributed by atoms with Gasteiger partial charge in [0.15, 0.2) is 5.13 Å². The Bertz CT molecular complexity index is 416. The number of thiazole rings is 1. The molecule has 1 aromatic heterocycles. The monoisotopic (exact) mass is 240 g/mol. The number of carbonyl (C=O) groups excluding carboxylic acids is 1. The molecule has 0 saturated heterocycles. The Labute approximate surface area is 98.8 Å². The molecule has 0 unspecified atom stereocenters. The van der Waals surface area contributed by atoms with Gasteiger partial charge < -0.3 is 10.5 Å². The molecule has 1 heterocycles. The third-order valence-corrected chi connectivity index (χ3v) is 3.95. The van der Waals surface area contributed by atoms with Crippen molar-refractivity contribution in [2.24, 2.45) is 5.41 Å². The smallest absolute Gasteiger partial charge is 0.312 e. The first-order chi connectivity index (χ1) is 7.55. The summed E-state index contributed by atoms with van der Waals surface area (Å²) >= 11 is 1.49. The Morgan fingerprint density at radius 1 is 1.69 bits per heavy atom. The van der Waals surface area contributed by atoms with Crippen LogP contribution >= 0.6 is 11.3 Å². The average Bonchev–Trinajstić information content (AvgIpc) is 2.57. The van der Waals surface area contributed by atoms with Gasteiger partial charge in [-0.25, -0.2) is 4.98 Å². The molecule has 2 N–H and O–H groups in total. The molecular formula is C11H16N2O2S. The number of hydrogen-bond acceptors (Lipinski definition) is 5. The van der Waals surface area contributed by atoms with Crippen LogP contribution in [-0.4, -0.2) is 17.6 Å². The maximum Gasteiger partial charge on any atom is 0.312 e. The van der Waals surface area contributed by atoms with Crippen molar-refractivity contribution >= 4 is 22.4 Å². The molecule has 0 amide bonds. The maximum atomic E-state index is 11.9. The van der Waals surface area contributed by atoms with Crippen LogP contribution in [0.15, 0.2) is 0 Å². The van der Waals surface area contributed by atoms with Crippen LogP contribution in [0.3, 0.4) is 0 Å². The lowest BCUT2D eigenvalue weighted by atomic mass is 9.77. The number of hydrogen-bond donors (Lipinski definition) is 1. The van der Waals surface area contributed by atoms with Gasteiger partial charge in [0, 0.05) is 4.88 Å². The summed E-state index contributed by atoms with van der Waals surface area (Å²) < 4.78 is 5.12. The summed E-state index contributed by atoms with van der Waals surface area (Å²) in [6, 6.07) is 0. The summed E-state index contributed by atoms with van der Waals surface area (Å²) in [6.45, 7) is 4.23. The number of rotatable bonds is 2. The Morgan fingerprint density at radius 3 is 3.12 bits per heavy atom. The van der Waals surface area contributed by atoms with Gasteiger partial charge in [-0.1, -0.05) is 0 Å². The molecule has 0 aromatic carbocycles. The minimum absolute atomic E-state index is 0.104. The highest BCUT2D eigenvalue weighted by Crippen LogP contribution is 2.39. The van der Waals surface area contributed by atoms with E-state index in [1.807, 2.05) is 13.8 Å². The fourth-order valence-corrected chi connectivity index (χ4v) is 3.12. The van der Waals surface area contributed by atoms with Crippen LogP contribution in [0.25, 0.3) is 0 Å². The van der Waals surface area contributed by atoms with E-state index in [1.54, 1.807) is 0 Å². The third-order valence-electron chi connectivity index (χ3n) is 3.03. The lowest BCUT2D eigenvalue weighted by Gasteiger charge is -2.30. The van der Waals surface area contributed by atoms with E-state index in [4.69, 9.17) is 10.5 Å². The Kier molecular flexibility index (Phi) is 2.88. The summed E-state index contributed by atoms with van der Waals surface area (Å²) in [5.41, 5.74) is 6.33. The van der Waals surface area contributed by atoms with Crippen molar-refractivity contribution in [3.05, 3.63) is 10.6 Å². The van der Waals surface area contributed by atoms with Crippen LogP contribution in [0, 0.1) is 5.41 Å². The van der Waals surface area contributed by atoms with E-state index in [1.165, 1.54) is 11.3 Å². The zero-order chi connectivity index (χ0) is 11.8. The van der Waals surface area contributed by atoms with Crippen molar-refractivity contribution in [3.63, 3.8) is 0 Å². The van der Waals surface area contributed by atoms with E-state index in [-0.39, 0.29) is 5.97 Å². The van der Waals surface area contributed by atoms with Gasteiger partial charge in [0.05, 0.1) is 17.7 Å². The fourth-order valence-electron chi connectivity index (χ4n) is 2.05. The largest absolute Gasteiger partial charge is 0.466 e. The zero-order valence-corrected chi connectivity index (χ0v) is 10.4. The number of ether oxygens (including phenoxy) is 1. The predicted molar refractivity (Wildman–Crippen MR) is 63.3 cm³/mol. The molecule has 4 nitrogen and oxygen atoms in total. The number of carbonyl (C=O) groups is 1. The second-order valence-corrected chi connectivity index (χ2v) is 5.50. The summed E-state index contributed by atoms with van der Waals surface area (Å²) in [5, 5.41) is 0.595. The Balaban J connectivity index is 2.20. The second-order valence-electron chi connectivity index (χ2n) is 4.38. The van der Waals surface area contributed by atoms with Crippen molar-refractivity contribution in [1.29, 1.82) is 0 Å².